The molecule has 0 aromatic carbocycles. The predicted molar refractivity (Wildman–Crippen MR) is 71.2 cm³/mol. The highest BCUT2D eigenvalue weighted by Crippen LogP contribution is 2.28. The van der Waals surface area contributed by atoms with E-state index in [1.807, 2.05) is 4.90 Å². The molecule has 114 valence electrons. The van der Waals surface area contributed by atoms with E-state index in [0.717, 1.165) is 0 Å². The zero-order valence-corrected chi connectivity index (χ0v) is 11.4. The third kappa shape index (κ3) is 2.85. The first-order valence-corrected chi connectivity index (χ1v) is 6.78. The maximum absolute atomic E-state index is 14.3. The lowest BCUT2D eigenvalue weighted by atomic mass is 10.2. The van der Waals surface area contributed by atoms with Gasteiger partial charge in [-0.25, -0.2) is 9.18 Å². The molecule has 7 nitrogen and oxygen atoms in total. The van der Waals surface area contributed by atoms with E-state index in [4.69, 9.17) is 14.6 Å². The van der Waals surface area contributed by atoms with E-state index in [1.54, 1.807) is 0 Å². The molecule has 1 aromatic heterocycles. The van der Waals surface area contributed by atoms with Gasteiger partial charge in [0, 0.05) is 18.7 Å². The number of amides is 1. The van der Waals surface area contributed by atoms with Crippen molar-refractivity contribution in [1.29, 1.82) is 0 Å². The topological polar surface area (TPSA) is 75.1 Å². The van der Waals surface area contributed by atoms with Crippen LogP contribution in [0.1, 0.15) is 5.56 Å². The number of pyridine rings is 1. The van der Waals surface area contributed by atoms with Gasteiger partial charge in [-0.2, -0.15) is 4.98 Å². The molecule has 0 atom stereocenters. The molecule has 21 heavy (non-hydrogen) atoms. The van der Waals surface area contributed by atoms with E-state index in [9.17, 15) is 9.18 Å². The predicted octanol–water partition coefficient (Wildman–Crippen LogP) is 0.930. The van der Waals surface area contributed by atoms with Gasteiger partial charge in [-0.15, -0.1) is 0 Å². The SMILES string of the molecule is O=C(O)N1CCOc2nc(N3CCOCC3)c(F)cc2C1. The van der Waals surface area contributed by atoms with Crippen molar-refractivity contribution < 1.29 is 23.8 Å². The smallest absolute Gasteiger partial charge is 0.407 e. The Morgan fingerprint density at radius 1 is 1.29 bits per heavy atom. The van der Waals surface area contributed by atoms with Crippen molar-refractivity contribution in [2.24, 2.45) is 0 Å². The van der Waals surface area contributed by atoms with E-state index in [2.05, 4.69) is 4.98 Å². The van der Waals surface area contributed by atoms with Gasteiger partial charge in [0.25, 0.3) is 0 Å². The van der Waals surface area contributed by atoms with Gasteiger partial charge < -0.3 is 24.4 Å². The fourth-order valence-electron chi connectivity index (χ4n) is 2.44. The van der Waals surface area contributed by atoms with Crippen LogP contribution in [0.4, 0.5) is 15.0 Å². The molecule has 0 aliphatic carbocycles. The Bertz CT molecular complexity index is 548. The third-order valence-corrected chi connectivity index (χ3v) is 3.54. The molecule has 0 unspecified atom stereocenters. The van der Waals surface area contributed by atoms with Gasteiger partial charge in [-0.1, -0.05) is 0 Å². The van der Waals surface area contributed by atoms with E-state index >= 15 is 0 Å². The quantitative estimate of drug-likeness (QED) is 0.831. The Hall–Kier alpha value is -2.09. The summed E-state index contributed by atoms with van der Waals surface area (Å²) in [7, 11) is 0. The summed E-state index contributed by atoms with van der Waals surface area (Å²) < 4.78 is 25.0. The average Bonchev–Trinajstić information content (AvgIpc) is 2.69. The number of hydrogen-bond donors (Lipinski definition) is 1. The van der Waals surface area contributed by atoms with Crippen molar-refractivity contribution in [1.82, 2.24) is 9.88 Å². The number of rotatable bonds is 1. The molecule has 1 fully saturated rings. The lowest BCUT2D eigenvalue weighted by Crippen LogP contribution is -2.37. The lowest BCUT2D eigenvalue weighted by molar-refractivity contribution is 0.122. The van der Waals surface area contributed by atoms with Crippen LogP contribution >= 0.6 is 0 Å². The number of nitrogens with zero attached hydrogens (tertiary/aromatic N) is 3. The molecule has 3 rings (SSSR count). The molecule has 2 aliphatic heterocycles. The number of carboxylic acid groups (broad SMARTS) is 1. The molecular formula is C13H16FN3O4. The van der Waals surface area contributed by atoms with Gasteiger partial charge in [-0.05, 0) is 6.07 Å². The first-order chi connectivity index (χ1) is 10.1. The molecular weight excluding hydrogens is 281 g/mol. The van der Waals surface area contributed by atoms with E-state index in [1.165, 1.54) is 11.0 Å². The van der Waals surface area contributed by atoms with Crippen LogP contribution in [-0.4, -0.2) is 60.5 Å². The zero-order valence-electron chi connectivity index (χ0n) is 11.4. The second-order valence-electron chi connectivity index (χ2n) is 4.91. The maximum atomic E-state index is 14.3. The van der Waals surface area contributed by atoms with Gasteiger partial charge in [0.15, 0.2) is 11.6 Å². The molecule has 0 radical (unpaired) electrons. The zero-order chi connectivity index (χ0) is 14.8. The van der Waals surface area contributed by atoms with E-state index < -0.39 is 11.9 Å². The lowest BCUT2D eigenvalue weighted by Gasteiger charge is -2.28. The molecule has 0 bridgehead atoms. The van der Waals surface area contributed by atoms with Crippen molar-refractivity contribution >= 4 is 11.9 Å². The van der Waals surface area contributed by atoms with Crippen molar-refractivity contribution in [3.05, 3.63) is 17.4 Å². The van der Waals surface area contributed by atoms with Crippen LogP contribution in [0.2, 0.25) is 0 Å². The standard InChI is InChI=1S/C13H16FN3O4/c14-10-7-9-8-17(13(18)19)3-6-21-12(9)15-11(10)16-1-4-20-5-2-16/h7H,1-6,8H2,(H,18,19). The minimum Gasteiger partial charge on any atom is -0.475 e. The molecule has 1 N–H and O–H groups in total. The highest BCUT2D eigenvalue weighted by atomic mass is 19.1. The van der Waals surface area contributed by atoms with Crippen LogP contribution in [-0.2, 0) is 11.3 Å². The first-order valence-electron chi connectivity index (χ1n) is 6.78. The highest BCUT2D eigenvalue weighted by molar-refractivity contribution is 5.65. The van der Waals surface area contributed by atoms with Gasteiger partial charge in [0.05, 0.1) is 26.3 Å². The van der Waals surface area contributed by atoms with Crippen LogP contribution < -0.4 is 9.64 Å². The van der Waals surface area contributed by atoms with Crippen molar-refractivity contribution in [2.75, 3.05) is 44.4 Å². The number of anilines is 1. The minimum absolute atomic E-state index is 0.0813. The fourth-order valence-corrected chi connectivity index (χ4v) is 2.44. The summed E-state index contributed by atoms with van der Waals surface area (Å²) in [6.45, 7) is 2.74. The second-order valence-corrected chi connectivity index (χ2v) is 4.91. The molecule has 1 amide bonds. The Morgan fingerprint density at radius 3 is 2.76 bits per heavy atom. The van der Waals surface area contributed by atoms with Gasteiger partial charge >= 0.3 is 6.09 Å². The Labute approximate surface area is 120 Å². The molecule has 1 saturated heterocycles. The van der Waals surface area contributed by atoms with Crippen molar-refractivity contribution in [3.8, 4) is 5.88 Å². The molecule has 3 heterocycles. The van der Waals surface area contributed by atoms with Crippen LogP contribution in [0.15, 0.2) is 6.07 Å². The Kier molecular flexibility index (Phi) is 3.78. The molecule has 0 saturated carbocycles. The first kappa shape index (κ1) is 13.9. The molecule has 2 aliphatic rings. The highest BCUT2D eigenvalue weighted by Gasteiger charge is 2.24. The second kappa shape index (κ2) is 5.72. The number of fused-ring (bicyclic) bond motifs is 1. The number of hydrogen-bond acceptors (Lipinski definition) is 5. The van der Waals surface area contributed by atoms with Crippen LogP contribution in [0.5, 0.6) is 5.88 Å². The monoisotopic (exact) mass is 297 g/mol. The van der Waals surface area contributed by atoms with E-state index in [-0.39, 0.29) is 25.5 Å². The number of carbonyl (C=O) groups is 1. The molecule has 8 heteroatoms. The van der Waals surface area contributed by atoms with Crippen LogP contribution in [0, 0.1) is 5.82 Å². The Morgan fingerprint density at radius 2 is 2.05 bits per heavy atom. The summed E-state index contributed by atoms with van der Waals surface area (Å²) in [6.07, 6.45) is -1.05. The molecule has 1 aromatic rings. The largest absolute Gasteiger partial charge is 0.475 e. The average molecular weight is 297 g/mol. The van der Waals surface area contributed by atoms with Crippen LogP contribution in [0.25, 0.3) is 0 Å². The summed E-state index contributed by atoms with van der Waals surface area (Å²) >= 11 is 0. The number of morpholine rings is 1. The fraction of sp³-hybridized carbons (Fsp3) is 0.538. The molecule has 0 spiro atoms. The van der Waals surface area contributed by atoms with Crippen molar-refractivity contribution in [2.45, 2.75) is 6.54 Å². The van der Waals surface area contributed by atoms with Crippen LogP contribution in [0.3, 0.4) is 0 Å². The summed E-state index contributed by atoms with van der Waals surface area (Å²) in [4.78, 5) is 18.3. The summed E-state index contributed by atoms with van der Waals surface area (Å²) in [5.41, 5.74) is 0.449. The summed E-state index contributed by atoms with van der Waals surface area (Å²) in [5.74, 6) is 0.0777. The Balaban J connectivity index is 1.90. The van der Waals surface area contributed by atoms with Gasteiger partial charge in [-0.3, -0.25) is 0 Å². The maximum Gasteiger partial charge on any atom is 0.407 e. The van der Waals surface area contributed by atoms with Gasteiger partial charge in [0.2, 0.25) is 5.88 Å². The van der Waals surface area contributed by atoms with Gasteiger partial charge in [0.1, 0.15) is 6.61 Å². The van der Waals surface area contributed by atoms with Crippen molar-refractivity contribution in [3.63, 3.8) is 0 Å². The normalized spacial score (nSPS) is 18.7. The minimum atomic E-state index is -1.05. The summed E-state index contributed by atoms with van der Waals surface area (Å²) in [6, 6.07) is 1.31. The third-order valence-electron chi connectivity index (χ3n) is 3.54. The number of ether oxygens (including phenoxy) is 2. The number of aromatic nitrogens is 1. The summed E-state index contributed by atoms with van der Waals surface area (Å²) in [5, 5.41) is 9.05. The van der Waals surface area contributed by atoms with E-state index in [0.29, 0.717) is 37.7 Å². The number of halogens is 1.